The molecule has 0 aromatic heterocycles. The van der Waals surface area contributed by atoms with Crippen LogP contribution in [0.4, 0.5) is 11.4 Å². The van der Waals surface area contributed by atoms with Crippen molar-refractivity contribution < 1.29 is 43.2 Å². The number of carboxylic acids is 1. The molecule has 0 saturated carbocycles. The lowest BCUT2D eigenvalue weighted by Crippen LogP contribution is -2.31. The monoisotopic (exact) mass is 591 g/mol. The third-order valence-electron chi connectivity index (χ3n) is 6.99. The fourth-order valence-electron chi connectivity index (χ4n) is 4.74. The number of rotatable bonds is 11. The van der Waals surface area contributed by atoms with Gasteiger partial charge in [-0.2, -0.15) is 0 Å². The molecule has 3 aromatic rings. The highest BCUT2D eigenvalue weighted by atomic mass is 16.5. The van der Waals surface area contributed by atoms with Crippen molar-refractivity contribution in [1.82, 2.24) is 0 Å². The molecule has 12 heteroatoms. The van der Waals surface area contributed by atoms with E-state index in [-0.39, 0.29) is 36.4 Å². The van der Waals surface area contributed by atoms with Crippen molar-refractivity contribution in [2.45, 2.75) is 38.3 Å². The highest BCUT2D eigenvalue weighted by molar-refractivity contribution is 6.06. The summed E-state index contributed by atoms with van der Waals surface area (Å²) < 4.78 is 22.5. The third kappa shape index (κ3) is 6.87. The predicted octanol–water partition coefficient (Wildman–Crippen LogP) is 4.11. The van der Waals surface area contributed by atoms with Gasteiger partial charge in [0.25, 0.3) is 5.91 Å². The normalized spacial score (nSPS) is 14.5. The Morgan fingerprint density at radius 2 is 1.72 bits per heavy atom. The molecular formula is C31H33N3O9. The van der Waals surface area contributed by atoms with E-state index in [0.29, 0.717) is 45.3 Å². The van der Waals surface area contributed by atoms with Crippen LogP contribution >= 0.6 is 0 Å². The Kier molecular flexibility index (Phi) is 9.51. The van der Waals surface area contributed by atoms with E-state index < -0.39 is 29.9 Å². The van der Waals surface area contributed by atoms with Gasteiger partial charge in [-0.25, -0.2) is 0 Å². The summed E-state index contributed by atoms with van der Waals surface area (Å²) in [5.74, 6) is -1.03. The second kappa shape index (κ2) is 13.3. The Labute approximate surface area is 248 Å². The van der Waals surface area contributed by atoms with Gasteiger partial charge in [0.05, 0.1) is 27.8 Å². The van der Waals surface area contributed by atoms with Crippen LogP contribution in [0.25, 0.3) is 0 Å². The molecule has 43 heavy (non-hydrogen) atoms. The summed E-state index contributed by atoms with van der Waals surface area (Å²) in [6.07, 6.45) is -0.699. The van der Waals surface area contributed by atoms with E-state index in [9.17, 15) is 19.2 Å². The first-order chi connectivity index (χ1) is 20.6. The number of hydrogen-bond acceptors (Lipinski definition) is 9. The lowest BCUT2D eigenvalue weighted by atomic mass is 9.94. The minimum absolute atomic E-state index is 0.0200. The van der Waals surface area contributed by atoms with Gasteiger partial charge in [0.2, 0.25) is 11.7 Å². The maximum Gasteiger partial charge on any atom is 0.320 e. The topological polar surface area (TPSA) is 176 Å². The van der Waals surface area contributed by atoms with Crippen LogP contribution in [0.3, 0.4) is 0 Å². The first-order valence-electron chi connectivity index (χ1n) is 13.4. The highest BCUT2D eigenvalue weighted by Gasteiger charge is 2.34. The molecule has 226 valence electrons. The summed E-state index contributed by atoms with van der Waals surface area (Å²) in [6.45, 7) is 1.76. The van der Waals surface area contributed by atoms with Gasteiger partial charge in [-0.05, 0) is 48.7 Å². The lowest BCUT2D eigenvalue weighted by molar-refractivity contribution is -0.138. The Morgan fingerprint density at radius 1 is 1.00 bits per heavy atom. The van der Waals surface area contributed by atoms with Gasteiger partial charge in [0, 0.05) is 29.4 Å². The number of nitrogens with one attached hydrogen (secondary N) is 2. The second-order valence-electron chi connectivity index (χ2n) is 9.89. The number of ketones is 1. The molecule has 5 N–H and O–H groups in total. The highest BCUT2D eigenvalue weighted by Crippen LogP contribution is 2.49. The number of carboxylic acid groups (broad SMARTS) is 1. The van der Waals surface area contributed by atoms with Crippen LogP contribution in [0, 0.1) is 6.92 Å². The zero-order valence-corrected chi connectivity index (χ0v) is 24.2. The molecule has 0 bridgehead atoms. The number of carbonyl (C=O) groups excluding carboxylic acids is 3. The number of anilines is 2. The molecule has 0 saturated heterocycles. The maximum atomic E-state index is 13.2. The lowest BCUT2D eigenvalue weighted by Gasteiger charge is -2.28. The van der Waals surface area contributed by atoms with Crippen molar-refractivity contribution in [3.63, 3.8) is 0 Å². The molecule has 1 aliphatic heterocycles. The first-order valence-corrected chi connectivity index (χ1v) is 13.4. The van der Waals surface area contributed by atoms with E-state index in [2.05, 4.69) is 10.6 Å². The summed E-state index contributed by atoms with van der Waals surface area (Å²) in [7, 11) is 4.37. The van der Waals surface area contributed by atoms with Gasteiger partial charge < -0.3 is 40.4 Å². The number of nitrogens with two attached hydrogens (primary N) is 1. The molecular weight excluding hydrogens is 558 g/mol. The van der Waals surface area contributed by atoms with E-state index in [0.717, 1.165) is 0 Å². The Balaban J connectivity index is 1.50. The number of amides is 2. The van der Waals surface area contributed by atoms with E-state index in [1.54, 1.807) is 55.5 Å². The number of carbonyl (C=O) groups is 4. The number of fused-ring (bicyclic) bond motifs is 1. The van der Waals surface area contributed by atoms with Crippen LogP contribution in [0.5, 0.6) is 23.0 Å². The smallest absolute Gasteiger partial charge is 0.320 e. The van der Waals surface area contributed by atoms with E-state index >= 15 is 0 Å². The molecule has 0 aliphatic carbocycles. The maximum absolute atomic E-state index is 13.2. The van der Waals surface area contributed by atoms with Crippen LogP contribution in [0.1, 0.15) is 57.2 Å². The van der Waals surface area contributed by atoms with Crippen LogP contribution in [0.2, 0.25) is 0 Å². The zero-order valence-electron chi connectivity index (χ0n) is 24.2. The number of aliphatic carboxylic acids is 1. The standard InChI is InChI=1S/C31H33N3O9/c1-16-8-9-19(33-26(36)11-10-21(32)31(38)39)13-20(16)30(37)34-18-7-5-6-17(12-18)23-14-22(35)27-24(43-23)15-25(40-2)28(41-3)29(27)42-4/h5-9,12-13,15,21,23H,10-11,14,32H2,1-4H3,(H,33,36)(H,34,37)(H,38,39)/t21-,23?/m0/s1. The summed E-state index contributed by atoms with van der Waals surface area (Å²) >= 11 is 0. The fourth-order valence-corrected chi connectivity index (χ4v) is 4.74. The number of benzene rings is 3. The molecule has 1 aliphatic rings. The average Bonchev–Trinajstić information content (AvgIpc) is 2.99. The van der Waals surface area contributed by atoms with Crippen LogP contribution in [0.15, 0.2) is 48.5 Å². The zero-order chi connectivity index (χ0) is 31.3. The average molecular weight is 592 g/mol. The minimum atomic E-state index is -1.18. The molecule has 4 rings (SSSR count). The Morgan fingerprint density at radius 3 is 2.40 bits per heavy atom. The van der Waals surface area contributed by atoms with Crippen molar-refractivity contribution in [2.75, 3.05) is 32.0 Å². The summed E-state index contributed by atoms with van der Waals surface area (Å²) in [5, 5.41) is 14.4. The van der Waals surface area contributed by atoms with Crippen molar-refractivity contribution in [1.29, 1.82) is 0 Å². The molecule has 12 nitrogen and oxygen atoms in total. The van der Waals surface area contributed by atoms with Crippen LogP contribution < -0.4 is 35.3 Å². The molecule has 0 spiro atoms. The van der Waals surface area contributed by atoms with E-state index in [1.165, 1.54) is 21.3 Å². The number of aryl methyl sites for hydroxylation is 1. The van der Waals surface area contributed by atoms with Gasteiger partial charge in [0.15, 0.2) is 17.3 Å². The third-order valence-corrected chi connectivity index (χ3v) is 6.99. The molecule has 3 aromatic carbocycles. The molecule has 2 atom stereocenters. The number of ether oxygens (including phenoxy) is 4. The van der Waals surface area contributed by atoms with Gasteiger partial charge >= 0.3 is 5.97 Å². The molecule has 0 fully saturated rings. The largest absolute Gasteiger partial charge is 0.493 e. The van der Waals surface area contributed by atoms with E-state index in [4.69, 9.17) is 29.8 Å². The molecule has 2 amide bonds. The summed E-state index contributed by atoms with van der Waals surface area (Å²) in [5.41, 5.74) is 8.27. The van der Waals surface area contributed by atoms with Crippen molar-refractivity contribution in [3.05, 3.63) is 70.8 Å². The summed E-state index contributed by atoms with van der Waals surface area (Å²) in [6, 6.07) is 12.3. The van der Waals surface area contributed by atoms with Crippen molar-refractivity contribution in [3.8, 4) is 23.0 Å². The van der Waals surface area contributed by atoms with Crippen molar-refractivity contribution in [2.24, 2.45) is 5.73 Å². The Bertz CT molecular complexity index is 1570. The quantitative estimate of drug-likeness (QED) is 0.254. The van der Waals surface area contributed by atoms with Crippen LogP contribution in [-0.4, -0.2) is 56.0 Å². The van der Waals surface area contributed by atoms with Crippen LogP contribution in [-0.2, 0) is 9.59 Å². The number of hydrogen-bond donors (Lipinski definition) is 4. The minimum Gasteiger partial charge on any atom is -0.493 e. The SMILES string of the molecule is COc1cc2c(c(OC)c1OC)C(=O)CC(c1cccc(NC(=O)c3cc(NC(=O)CC[C@H](N)C(=O)O)ccc3C)c1)O2. The number of Topliss-reactive ketones (excluding diaryl/α,β-unsaturated/α-hetero) is 1. The number of methoxy groups -OCH3 is 3. The first kappa shape index (κ1) is 30.8. The van der Waals surface area contributed by atoms with Gasteiger partial charge in [-0.1, -0.05) is 18.2 Å². The predicted molar refractivity (Wildman–Crippen MR) is 157 cm³/mol. The Hall–Kier alpha value is -5.10. The fraction of sp³-hybridized carbons (Fsp3) is 0.290. The van der Waals surface area contributed by atoms with Crippen molar-refractivity contribution >= 4 is 34.9 Å². The summed E-state index contributed by atoms with van der Waals surface area (Å²) in [4.78, 5) is 49.6. The van der Waals surface area contributed by atoms with Gasteiger partial charge in [-0.3, -0.25) is 19.2 Å². The van der Waals surface area contributed by atoms with E-state index in [1.807, 2.05) is 0 Å². The van der Waals surface area contributed by atoms with Gasteiger partial charge in [0.1, 0.15) is 23.5 Å². The molecule has 1 heterocycles. The molecule has 1 unspecified atom stereocenters. The van der Waals surface area contributed by atoms with Gasteiger partial charge in [-0.15, -0.1) is 0 Å². The molecule has 0 radical (unpaired) electrons. The second-order valence-corrected chi connectivity index (χ2v) is 9.89.